The summed E-state index contributed by atoms with van der Waals surface area (Å²) < 4.78 is 5.07. The van der Waals surface area contributed by atoms with E-state index in [9.17, 15) is 9.59 Å². The molecule has 0 aromatic heterocycles. The van der Waals surface area contributed by atoms with Crippen LogP contribution >= 0.6 is 0 Å². The van der Waals surface area contributed by atoms with Gasteiger partial charge in [0, 0.05) is 12.5 Å². The summed E-state index contributed by atoms with van der Waals surface area (Å²) >= 11 is 0. The first kappa shape index (κ1) is 20.7. The van der Waals surface area contributed by atoms with Gasteiger partial charge in [0.05, 0.1) is 6.21 Å². The topological polar surface area (TPSA) is 79.8 Å². The molecular formula is C26H29N3O3. The maximum Gasteiger partial charge on any atom is 0.335 e. The Labute approximate surface area is 188 Å². The predicted octanol–water partition coefficient (Wildman–Crippen LogP) is 4.88. The van der Waals surface area contributed by atoms with E-state index in [1.54, 1.807) is 18.3 Å². The molecule has 0 heterocycles. The summed E-state index contributed by atoms with van der Waals surface area (Å²) in [5, 5.41) is 7.41. The average Bonchev–Trinajstić information content (AvgIpc) is 2.73. The number of hydrogen-bond acceptors (Lipinski definition) is 4. The number of esters is 1. The van der Waals surface area contributed by atoms with Crippen LogP contribution in [0.15, 0.2) is 53.6 Å². The van der Waals surface area contributed by atoms with Crippen molar-refractivity contribution in [2.45, 2.75) is 51.0 Å². The van der Waals surface area contributed by atoms with E-state index in [0.29, 0.717) is 5.75 Å². The number of hydrazone groups is 1. The number of benzene rings is 2. The molecule has 6 heteroatoms. The van der Waals surface area contributed by atoms with Gasteiger partial charge < -0.3 is 10.1 Å². The zero-order valence-corrected chi connectivity index (χ0v) is 18.3. The number of carbonyl (C=O) groups is 2. The molecule has 0 spiro atoms. The van der Waals surface area contributed by atoms with Crippen LogP contribution in [-0.4, -0.2) is 23.8 Å². The van der Waals surface area contributed by atoms with E-state index in [1.807, 2.05) is 36.4 Å². The van der Waals surface area contributed by atoms with E-state index < -0.39 is 0 Å². The Morgan fingerprint density at radius 3 is 1.97 bits per heavy atom. The molecule has 0 aliphatic heterocycles. The fraction of sp³-hybridized carbons (Fsp3) is 0.423. The van der Waals surface area contributed by atoms with Gasteiger partial charge in [-0.25, -0.2) is 10.2 Å². The van der Waals surface area contributed by atoms with Gasteiger partial charge in [0.2, 0.25) is 0 Å². The van der Waals surface area contributed by atoms with Crippen molar-refractivity contribution in [3.63, 3.8) is 0 Å². The summed E-state index contributed by atoms with van der Waals surface area (Å²) in [6.07, 6.45) is 9.10. The van der Waals surface area contributed by atoms with Crippen LogP contribution in [0, 0.1) is 17.8 Å². The predicted molar refractivity (Wildman–Crippen MR) is 123 cm³/mol. The average molecular weight is 432 g/mol. The van der Waals surface area contributed by atoms with Crippen LogP contribution in [0.5, 0.6) is 5.75 Å². The van der Waals surface area contributed by atoms with Gasteiger partial charge in [-0.1, -0.05) is 36.4 Å². The van der Waals surface area contributed by atoms with Crippen molar-refractivity contribution < 1.29 is 14.3 Å². The molecule has 0 atom stereocenters. The molecule has 6 rings (SSSR count). The molecule has 2 amide bonds. The first-order valence-corrected chi connectivity index (χ1v) is 11.5. The minimum Gasteiger partial charge on any atom is -0.427 e. The number of nitrogens with zero attached hydrogens (tertiary/aromatic N) is 1. The van der Waals surface area contributed by atoms with Crippen molar-refractivity contribution in [2.24, 2.45) is 22.9 Å². The van der Waals surface area contributed by atoms with Crippen LogP contribution < -0.4 is 15.5 Å². The van der Waals surface area contributed by atoms with Gasteiger partial charge in [-0.2, -0.15) is 5.10 Å². The summed E-state index contributed by atoms with van der Waals surface area (Å²) in [4.78, 5) is 23.5. The minimum atomic E-state index is -0.332. The van der Waals surface area contributed by atoms with Gasteiger partial charge in [-0.05, 0) is 85.1 Å². The number of amides is 2. The Morgan fingerprint density at radius 2 is 1.44 bits per heavy atom. The monoisotopic (exact) mass is 431 g/mol. The van der Waals surface area contributed by atoms with E-state index in [0.717, 1.165) is 53.7 Å². The SMILES string of the molecule is CC(=O)Oc1ccc(-c2ccc(/C=N\NC(=O)NC34CC5CC(CC(C5)C3)C4)cc2)cc1. The maximum atomic E-state index is 12.5. The third-order valence-corrected chi connectivity index (χ3v) is 7.16. The van der Waals surface area contributed by atoms with Gasteiger partial charge in [0.1, 0.15) is 5.75 Å². The van der Waals surface area contributed by atoms with Crippen LogP contribution in [0.4, 0.5) is 4.79 Å². The molecule has 2 aromatic carbocycles. The lowest BCUT2D eigenvalue weighted by atomic mass is 9.53. The summed E-state index contributed by atoms with van der Waals surface area (Å²) in [6.45, 7) is 1.38. The second-order valence-electron chi connectivity index (χ2n) is 9.76. The molecule has 166 valence electrons. The third-order valence-electron chi connectivity index (χ3n) is 7.16. The molecule has 4 aliphatic rings. The maximum absolute atomic E-state index is 12.5. The number of nitrogens with one attached hydrogen (secondary N) is 2. The van der Waals surface area contributed by atoms with Gasteiger partial charge in [0.25, 0.3) is 0 Å². The number of carbonyl (C=O) groups excluding carboxylic acids is 2. The molecule has 4 saturated carbocycles. The normalized spacial score (nSPS) is 28.0. The van der Waals surface area contributed by atoms with Gasteiger partial charge in [-0.3, -0.25) is 4.79 Å². The largest absolute Gasteiger partial charge is 0.427 e. The highest BCUT2D eigenvalue weighted by atomic mass is 16.5. The second kappa shape index (κ2) is 8.41. The lowest BCUT2D eigenvalue weighted by Crippen LogP contribution is -2.61. The Bertz CT molecular complexity index is 992. The van der Waals surface area contributed by atoms with Gasteiger partial charge in [0.15, 0.2) is 0 Å². The number of urea groups is 1. The zero-order valence-electron chi connectivity index (χ0n) is 18.3. The summed E-state index contributed by atoms with van der Waals surface area (Å²) in [6, 6.07) is 15.1. The summed E-state index contributed by atoms with van der Waals surface area (Å²) in [5.74, 6) is 2.58. The molecule has 2 N–H and O–H groups in total. The first-order valence-electron chi connectivity index (χ1n) is 11.5. The van der Waals surface area contributed by atoms with E-state index in [1.165, 1.54) is 26.2 Å². The fourth-order valence-electron chi connectivity index (χ4n) is 6.34. The molecule has 2 aromatic rings. The van der Waals surface area contributed by atoms with Crippen LogP contribution in [0.2, 0.25) is 0 Å². The lowest BCUT2D eigenvalue weighted by molar-refractivity contribution is -0.131. The molecule has 4 bridgehead atoms. The Morgan fingerprint density at radius 1 is 0.906 bits per heavy atom. The molecule has 4 fully saturated rings. The van der Waals surface area contributed by atoms with E-state index in [2.05, 4.69) is 15.8 Å². The Kier molecular flexibility index (Phi) is 5.45. The molecule has 0 radical (unpaired) electrons. The highest BCUT2D eigenvalue weighted by Gasteiger charge is 2.51. The highest BCUT2D eigenvalue weighted by Crippen LogP contribution is 2.55. The minimum absolute atomic E-state index is 0.0129. The Balaban J connectivity index is 1.15. The second-order valence-corrected chi connectivity index (χ2v) is 9.76. The van der Waals surface area contributed by atoms with Crippen LogP contribution in [0.1, 0.15) is 51.0 Å². The van der Waals surface area contributed by atoms with Crippen molar-refractivity contribution >= 4 is 18.2 Å². The van der Waals surface area contributed by atoms with Crippen LogP contribution in [0.3, 0.4) is 0 Å². The van der Waals surface area contributed by atoms with Crippen molar-refractivity contribution in [1.29, 1.82) is 0 Å². The molecule has 4 aliphatic carbocycles. The zero-order chi connectivity index (χ0) is 22.1. The third kappa shape index (κ3) is 4.54. The number of ether oxygens (including phenoxy) is 1. The standard InChI is InChI=1S/C26H29N3O3/c1-17(30)32-24-8-6-23(7-9-24)22-4-2-18(3-5-22)16-27-29-25(31)28-26-13-19-10-20(14-26)12-21(11-19)15-26/h2-9,16,19-21H,10-15H2,1H3,(H2,28,29,31)/b27-16-. The Hall–Kier alpha value is -3.15. The molecule has 0 unspecified atom stereocenters. The van der Waals surface area contributed by atoms with E-state index >= 15 is 0 Å². The van der Waals surface area contributed by atoms with Gasteiger partial charge >= 0.3 is 12.0 Å². The molecule has 0 saturated heterocycles. The van der Waals surface area contributed by atoms with Gasteiger partial charge in [-0.15, -0.1) is 0 Å². The molecular weight excluding hydrogens is 402 g/mol. The quantitative estimate of drug-likeness (QED) is 0.306. The van der Waals surface area contributed by atoms with E-state index in [-0.39, 0.29) is 17.5 Å². The smallest absolute Gasteiger partial charge is 0.335 e. The van der Waals surface area contributed by atoms with Crippen LogP contribution in [-0.2, 0) is 4.79 Å². The molecule has 6 nitrogen and oxygen atoms in total. The van der Waals surface area contributed by atoms with Crippen molar-refractivity contribution in [1.82, 2.24) is 10.7 Å². The van der Waals surface area contributed by atoms with Crippen molar-refractivity contribution in [3.8, 4) is 16.9 Å². The summed E-state index contributed by atoms with van der Waals surface area (Å²) in [5.41, 5.74) is 5.61. The fourth-order valence-corrected chi connectivity index (χ4v) is 6.34. The molecule has 32 heavy (non-hydrogen) atoms. The van der Waals surface area contributed by atoms with Crippen molar-refractivity contribution in [2.75, 3.05) is 0 Å². The highest BCUT2D eigenvalue weighted by molar-refractivity contribution is 5.83. The lowest BCUT2D eigenvalue weighted by Gasteiger charge is -2.56. The van der Waals surface area contributed by atoms with Crippen molar-refractivity contribution in [3.05, 3.63) is 54.1 Å². The number of hydrogen-bond donors (Lipinski definition) is 2. The first-order chi connectivity index (χ1) is 15.5. The number of rotatable bonds is 5. The van der Waals surface area contributed by atoms with E-state index in [4.69, 9.17) is 4.74 Å². The van der Waals surface area contributed by atoms with Crippen LogP contribution in [0.25, 0.3) is 11.1 Å². The summed E-state index contributed by atoms with van der Waals surface area (Å²) in [7, 11) is 0.